The number of carbonyl (C=O) groups excluding carboxylic acids is 1. The Kier molecular flexibility index (Phi) is 8.35. The predicted octanol–water partition coefficient (Wildman–Crippen LogP) is 2.12. The first-order valence-corrected chi connectivity index (χ1v) is 8.29. The normalized spacial score (nSPS) is 17.7. The largest absolute Gasteiger partial charge is 0.481 e. The number of amides is 1. The SMILES string of the molecule is CCCCC(CC)CNCC(=O)N1CCC(C(=O)O)CC1. The van der Waals surface area contributed by atoms with Gasteiger partial charge in [0.1, 0.15) is 0 Å². The van der Waals surface area contributed by atoms with Crippen molar-refractivity contribution in [2.24, 2.45) is 11.8 Å². The van der Waals surface area contributed by atoms with E-state index in [0.29, 0.717) is 38.4 Å². The number of nitrogens with one attached hydrogen (secondary N) is 1. The number of carbonyl (C=O) groups is 2. The third kappa shape index (κ3) is 6.46. The Labute approximate surface area is 128 Å². The standard InChI is InChI=1S/C16H30N2O3/c1-3-5-6-13(4-2)11-17-12-15(19)18-9-7-14(8-10-18)16(20)21/h13-14,17H,3-12H2,1-2H3,(H,20,21). The maximum Gasteiger partial charge on any atom is 0.306 e. The summed E-state index contributed by atoms with van der Waals surface area (Å²) in [6, 6.07) is 0. The van der Waals surface area contributed by atoms with E-state index < -0.39 is 5.97 Å². The number of unbranched alkanes of at least 4 members (excludes halogenated alkanes) is 1. The summed E-state index contributed by atoms with van der Waals surface area (Å²) in [6.45, 7) is 6.81. The third-order valence-corrected chi connectivity index (χ3v) is 4.45. The van der Waals surface area contributed by atoms with Gasteiger partial charge in [0.15, 0.2) is 0 Å². The van der Waals surface area contributed by atoms with Crippen molar-refractivity contribution in [3.8, 4) is 0 Å². The Morgan fingerprint density at radius 3 is 2.48 bits per heavy atom. The highest BCUT2D eigenvalue weighted by Gasteiger charge is 2.26. The number of nitrogens with zero attached hydrogens (tertiary/aromatic N) is 1. The van der Waals surface area contributed by atoms with Crippen molar-refractivity contribution in [3.05, 3.63) is 0 Å². The number of piperidine rings is 1. The molecule has 1 atom stereocenters. The molecular weight excluding hydrogens is 268 g/mol. The smallest absolute Gasteiger partial charge is 0.306 e. The summed E-state index contributed by atoms with van der Waals surface area (Å²) in [5.41, 5.74) is 0. The van der Waals surface area contributed by atoms with Gasteiger partial charge in [-0.25, -0.2) is 0 Å². The fourth-order valence-electron chi connectivity index (χ4n) is 2.81. The molecule has 0 spiro atoms. The number of hydrogen-bond donors (Lipinski definition) is 2. The van der Waals surface area contributed by atoms with Crippen LogP contribution in [0.3, 0.4) is 0 Å². The lowest BCUT2D eigenvalue weighted by atomic mass is 9.97. The molecule has 0 radical (unpaired) electrons. The van der Waals surface area contributed by atoms with Crippen LogP contribution in [0.25, 0.3) is 0 Å². The maximum atomic E-state index is 12.1. The van der Waals surface area contributed by atoms with Gasteiger partial charge in [0.05, 0.1) is 12.5 Å². The molecule has 1 aliphatic rings. The van der Waals surface area contributed by atoms with E-state index in [4.69, 9.17) is 5.11 Å². The molecule has 1 saturated heterocycles. The van der Waals surface area contributed by atoms with Crippen LogP contribution in [-0.4, -0.2) is 48.1 Å². The van der Waals surface area contributed by atoms with Crippen molar-refractivity contribution in [2.45, 2.75) is 52.4 Å². The van der Waals surface area contributed by atoms with Gasteiger partial charge in [-0.1, -0.05) is 33.1 Å². The van der Waals surface area contributed by atoms with Crippen molar-refractivity contribution in [2.75, 3.05) is 26.2 Å². The summed E-state index contributed by atoms with van der Waals surface area (Å²) in [5, 5.41) is 12.2. The van der Waals surface area contributed by atoms with Crippen LogP contribution >= 0.6 is 0 Å². The topological polar surface area (TPSA) is 69.6 Å². The number of likely N-dealkylation sites (tertiary alicyclic amines) is 1. The second-order valence-electron chi connectivity index (χ2n) is 6.04. The van der Waals surface area contributed by atoms with Gasteiger partial charge in [0.25, 0.3) is 0 Å². The number of aliphatic carboxylic acids is 1. The Balaban J connectivity index is 2.20. The van der Waals surface area contributed by atoms with Crippen LogP contribution in [0, 0.1) is 11.8 Å². The number of rotatable bonds is 9. The second kappa shape index (κ2) is 9.77. The molecule has 0 aromatic heterocycles. The summed E-state index contributed by atoms with van der Waals surface area (Å²) >= 11 is 0. The van der Waals surface area contributed by atoms with Crippen molar-refractivity contribution in [3.63, 3.8) is 0 Å². The molecule has 0 aromatic rings. The van der Waals surface area contributed by atoms with Gasteiger partial charge in [-0.05, 0) is 31.7 Å². The number of hydrogen-bond acceptors (Lipinski definition) is 3. The van der Waals surface area contributed by atoms with E-state index in [1.54, 1.807) is 4.90 Å². The van der Waals surface area contributed by atoms with E-state index in [0.717, 1.165) is 13.0 Å². The summed E-state index contributed by atoms with van der Waals surface area (Å²) in [5.74, 6) is -0.262. The highest BCUT2D eigenvalue weighted by atomic mass is 16.4. The summed E-state index contributed by atoms with van der Waals surface area (Å²) < 4.78 is 0. The molecule has 1 aliphatic heterocycles. The fourth-order valence-corrected chi connectivity index (χ4v) is 2.81. The molecule has 122 valence electrons. The first-order chi connectivity index (χ1) is 10.1. The third-order valence-electron chi connectivity index (χ3n) is 4.45. The monoisotopic (exact) mass is 298 g/mol. The van der Waals surface area contributed by atoms with Crippen LogP contribution in [0.2, 0.25) is 0 Å². The van der Waals surface area contributed by atoms with E-state index in [1.807, 2.05) is 0 Å². The molecule has 0 saturated carbocycles. The zero-order valence-electron chi connectivity index (χ0n) is 13.4. The molecule has 5 heteroatoms. The minimum absolute atomic E-state index is 0.101. The highest BCUT2D eigenvalue weighted by Crippen LogP contribution is 2.17. The van der Waals surface area contributed by atoms with Crippen LogP contribution in [0.4, 0.5) is 0 Å². The lowest BCUT2D eigenvalue weighted by Crippen LogP contribution is -2.44. The van der Waals surface area contributed by atoms with Crippen LogP contribution in [-0.2, 0) is 9.59 Å². The molecule has 5 nitrogen and oxygen atoms in total. The molecule has 1 fully saturated rings. The van der Waals surface area contributed by atoms with Crippen LogP contribution in [0.5, 0.6) is 0 Å². The minimum atomic E-state index is -0.734. The van der Waals surface area contributed by atoms with Gasteiger partial charge in [-0.3, -0.25) is 9.59 Å². The van der Waals surface area contributed by atoms with Crippen LogP contribution in [0.1, 0.15) is 52.4 Å². The van der Waals surface area contributed by atoms with E-state index in [9.17, 15) is 9.59 Å². The average molecular weight is 298 g/mol. The van der Waals surface area contributed by atoms with Crippen molar-refractivity contribution in [1.29, 1.82) is 0 Å². The zero-order valence-corrected chi connectivity index (χ0v) is 13.4. The van der Waals surface area contributed by atoms with Gasteiger partial charge in [0, 0.05) is 13.1 Å². The molecule has 0 aromatic carbocycles. The summed E-state index contributed by atoms with van der Waals surface area (Å²) in [4.78, 5) is 24.7. The summed E-state index contributed by atoms with van der Waals surface area (Å²) in [7, 11) is 0. The van der Waals surface area contributed by atoms with Crippen molar-refractivity contribution in [1.82, 2.24) is 10.2 Å². The Hall–Kier alpha value is -1.10. The van der Waals surface area contributed by atoms with Gasteiger partial charge in [0.2, 0.25) is 5.91 Å². The lowest BCUT2D eigenvalue weighted by Gasteiger charge is -2.30. The molecule has 0 bridgehead atoms. The Morgan fingerprint density at radius 1 is 1.29 bits per heavy atom. The first kappa shape index (κ1) is 18.0. The van der Waals surface area contributed by atoms with Crippen molar-refractivity contribution < 1.29 is 14.7 Å². The Bertz CT molecular complexity index is 325. The van der Waals surface area contributed by atoms with Gasteiger partial charge >= 0.3 is 5.97 Å². The first-order valence-electron chi connectivity index (χ1n) is 8.29. The Morgan fingerprint density at radius 2 is 1.95 bits per heavy atom. The zero-order chi connectivity index (χ0) is 15.7. The fraction of sp³-hybridized carbons (Fsp3) is 0.875. The van der Waals surface area contributed by atoms with E-state index in [-0.39, 0.29) is 11.8 Å². The molecule has 1 unspecified atom stereocenters. The van der Waals surface area contributed by atoms with Crippen molar-refractivity contribution >= 4 is 11.9 Å². The molecule has 0 aliphatic carbocycles. The van der Waals surface area contributed by atoms with Gasteiger partial charge in [-0.2, -0.15) is 0 Å². The molecular formula is C16H30N2O3. The van der Waals surface area contributed by atoms with Crippen LogP contribution < -0.4 is 5.32 Å². The quantitative estimate of drug-likeness (QED) is 0.684. The van der Waals surface area contributed by atoms with E-state index >= 15 is 0 Å². The average Bonchev–Trinajstić information content (AvgIpc) is 2.50. The number of carboxylic acids is 1. The van der Waals surface area contributed by atoms with E-state index in [2.05, 4.69) is 19.2 Å². The molecule has 1 rings (SSSR count). The predicted molar refractivity (Wildman–Crippen MR) is 83.1 cm³/mol. The summed E-state index contributed by atoms with van der Waals surface area (Å²) in [6.07, 6.45) is 5.98. The molecule has 21 heavy (non-hydrogen) atoms. The second-order valence-corrected chi connectivity index (χ2v) is 6.04. The highest BCUT2D eigenvalue weighted by molar-refractivity contribution is 5.78. The van der Waals surface area contributed by atoms with Gasteiger partial charge in [-0.15, -0.1) is 0 Å². The van der Waals surface area contributed by atoms with Crippen LogP contribution in [0.15, 0.2) is 0 Å². The lowest BCUT2D eigenvalue weighted by molar-refractivity contribution is -0.145. The van der Waals surface area contributed by atoms with E-state index in [1.165, 1.54) is 19.3 Å². The maximum absolute atomic E-state index is 12.1. The molecule has 2 N–H and O–H groups in total. The molecule has 1 heterocycles. The number of carboxylic acid groups (broad SMARTS) is 1. The van der Waals surface area contributed by atoms with Gasteiger partial charge < -0.3 is 15.3 Å². The minimum Gasteiger partial charge on any atom is -0.481 e. The molecule has 1 amide bonds.